The summed E-state index contributed by atoms with van der Waals surface area (Å²) in [7, 11) is 0. The molecule has 0 unspecified atom stereocenters. The number of nitrogens with one attached hydrogen (secondary N) is 1. The molecule has 1 rings (SSSR count). The fourth-order valence-electron chi connectivity index (χ4n) is 1.71. The summed E-state index contributed by atoms with van der Waals surface area (Å²) in [5, 5.41) is 4.16. The number of ether oxygens (including phenoxy) is 1. The molecule has 0 atom stereocenters. The number of aryl methyl sites for hydroxylation is 1. The summed E-state index contributed by atoms with van der Waals surface area (Å²) in [4.78, 5) is 0. The first kappa shape index (κ1) is 13.3. The molecule has 3 heteroatoms. The van der Waals surface area contributed by atoms with Crippen molar-refractivity contribution in [3.05, 3.63) is 27.8 Å². The van der Waals surface area contributed by atoms with Gasteiger partial charge in [0.15, 0.2) is 0 Å². The third-order valence-electron chi connectivity index (χ3n) is 2.62. The van der Waals surface area contributed by atoms with E-state index in [1.165, 1.54) is 5.56 Å². The Morgan fingerprint density at radius 1 is 1.31 bits per heavy atom. The molecule has 0 aliphatic heterocycles. The van der Waals surface area contributed by atoms with Crippen LogP contribution in [0.5, 0.6) is 5.75 Å². The largest absolute Gasteiger partial charge is 0.494 e. The minimum Gasteiger partial charge on any atom is -0.494 e. The van der Waals surface area contributed by atoms with Gasteiger partial charge in [-0.05, 0) is 44.5 Å². The van der Waals surface area contributed by atoms with Crippen LogP contribution in [0.15, 0.2) is 6.07 Å². The summed E-state index contributed by atoms with van der Waals surface area (Å²) < 4.78 is 5.65. The molecule has 2 nitrogen and oxygen atoms in total. The highest BCUT2D eigenvalue weighted by molar-refractivity contribution is 6.32. The number of halogens is 1. The van der Waals surface area contributed by atoms with Gasteiger partial charge in [-0.1, -0.05) is 18.5 Å². The van der Waals surface area contributed by atoms with Crippen LogP contribution in [0.4, 0.5) is 0 Å². The van der Waals surface area contributed by atoms with Crippen LogP contribution in [0.2, 0.25) is 5.02 Å². The van der Waals surface area contributed by atoms with E-state index in [1.54, 1.807) is 0 Å². The van der Waals surface area contributed by atoms with Gasteiger partial charge in [0.1, 0.15) is 5.75 Å². The summed E-state index contributed by atoms with van der Waals surface area (Å²) >= 11 is 6.25. The maximum absolute atomic E-state index is 6.25. The summed E-state index contributed by atoms with van der Waals surface area (Å²) in [5.74, 6) is 0.947. The second-order valence-electron chi connectivity index (χ2n) is 3.82. The second kappa shape index (κ2) is 6.12. The summed E-state index contributed by atoms with van der Waals surface area (Å²) in [6.45, 7) is 10.6. The standard InChI is InChI=1S/C13H20ClNO/c1-5-15-8-11-10(4)13(14)9(3)7-12(11)16-6-2/h7,15H,5-6,8H2,1-4H3. The molecule has 1 aromatic carbocycles. The average Bonchev–Trinajstić information content (AvgIpc) is 2.26. The molecule has 0 fully saturated rings. The lowest BCUT2D eigenvalue weighted by Gasteiger charge is -2.16. The first-order chi connectivity index (χ1) is 7.61. The van der Waals surface area contributed by atoms with E-state index in [9.17, 15) is 0 Å². The molecule has 1 N–H and O–H groups in total. The Kier molecular flexibility index (Phi) is 5.10. The highest BCUT2D eigenvalue weighted by Gasteiger charge is 2.12. The van der Waals surface area contributed by atoms with Crippen molar-refractivity contribution in [1.82, 2.24) is 5.32 Å². The Hall–Kier alpha value is -0.730. The van der Waals surface area contributed by atoms with Crippen molar-refractivity contribution in [2.45, 2.75) is 34.2 Å². The van der Waals surface area contributed by atoms with Gasteiger partial charge >= 0.3 is 0 Å². The van der Waals surface area contributed by atoms with Crippen LogP contribution < -0.4 is 10.1 Å². The topological polar surface area (TPSA) is 21.3 Å². The molecular formula is C13H20ClNO. The molecule has 90 valence electrons. The Morgan fingerprint density at radius 2 is 2.00 bits per heavy atom. The van der Waals surface area contributed by atoms with Gasteiger partial charge in [-0.2, -0.15) is 0 Å². The predicted octanol–water partition coefficient (Wildman–Crippen LogP) is 3.47. The first-order valence-corrected chi connectivity index (χ1v) is 6.11. The highest BCUT2D eigenvalue weighted by atomic mass is 35.5. The molecule has 0 radical (unpaired) electrons. The van der Waals surface area contributed by atoms with Crippen molar-refractivity contribution in [3.8, 4) is 5.75 Å². The minimum atomic E-state index is 0.680. The number of hydrogen-bond acceptors (Lipinski definition) is 2. The van der Waals surface area contributed by atoms with Crippen molar-refractivity contribution in [3.63, 3.8) is 0 Å². The van der Waals surface area contributed by atoms with E-state index >= 15 is 0 Å². The third kappa shape index (κ3) is 2.89. The maximum Gasteiger partial charge on any atom is 0.124 e. The predicted molar refractivity (Wildman–Crippen MR) is 69.5 cm³/mol. The van der Waals surface area contributed by atoms with E-state index < -0.39 is 0 Å². The van der Waals surface area contributed by atoms with Crippen molar-refractivity contribution in [2.24, 2.45) is 0 Å². The summed E-state index contributed by atoms with van der Waals surface area (Å²) in [6.07, 6.45) is 0. The quantitative estimate of drug-likeness (QED) is 0.853. The molecule has 0 aliphatic rings. The number of hydrogen-bond donors (Lipinski definition) is 1. The van der Waals surface area contributed by atoms with Crippen LogP contribution in [0.1, 0.15) is 30.5 Å². The number of benzene rings is 1. The van der Waals surface area contributed by atoms with Crippen LogP contribution in [-0.2, 0) is 6.54 Å². The molecule has 0 saturated heterocycles. The highest BCUT2D eigenvalue weighted by Crippen LogP contribution is 2.31. The average molecular weight is 242 g/mol. The van der Waals surface area contributed by atoms with Crippen LogP contribution in [0.25, 0.3) is 0 Å². The van der Waals surface area contributed by atoms with Gasteiger partial charge in [0.2, 0.25) is 0 Å². The molecule has 0 amide bonds. The van der Waals surface area contributed by atoms with Gasteiger partial charge in [-0.15, -0.1) is 0 Å². The lowest BCUT2D eigenvalue weighted by atomic mass is 10.0. The van der Waals surface area contributed by atoms with E-state index in [1.807, 2.05) is 26.8 Å². The molecule has 16 heavy (non-hydrogen) atoms. The van der Waals surface area contributed by atoms with E-state index in [2.05, 4.69) is 12.2 Å². The van der Waals surface area contributed by atoms with Crippen LogP contribution in [0, 0.1) is 13.8 Å². The monoisotopic (exact) mass is 241 g/mol. The molecule has 0 spiro atoms. The Bertz CT molecular complexity index is 363. The van der Waals surface area contributed by atoms with Crippen molar-refractivity contribution in [2.75, 3.05) is 13.2 Å². The molecule has 0 heterocycles. The lowest BCUT2D eigenvalue weighted by molar-refractivity contribution is 0.335. The zero-order valence-corrected chi connectivity index (χ0v) is 11.2. The fourth-order valence-corrected chi connectivity index (χ4v) is 1.88. The SMILES string of the molecule is CCNCc1c(OCC)cc(C)c(Cl)c1C. The molecule has 0 bridgehead atoms. The Morgan fingerprint density at radius 3 is 2.56 bits per heavy atom. The van der Waals surface area contributed by atoms with Crippen LogP contribution >= 0.6 is 11.6 Å². The Balaban J connectivity index is 3.13. The van der Waals surface area contributed by atoms with Crippen LogP contribution in [0.3, 0.4) is 0 Å². The molecular weight excluding hydrogens is 222 g/mol. The van der Waals surface area contributed by atoms with E-state index in [0.717, 1.165) is 35.0 Å². The van der Waals surface area contributed by atoms with E-state index in [4.69, 9.17) is 16.3 Å². The van der Waals surface area contributed by atoms with Gasteiger partial charge in [0, 0.05) is 17.1 Å². The normalized spacial score (nSPS) is 10.6. The van der Waals surface area contributed by atoms with Gasteiger partial charge in [0.25, 0.3) is 0 Å². The number of rotatable bonds is 5. The lowest BCUT2D eigenvalue weighted by Crippen LogP contribution is -2.14. The van der Waals surface area contributed by atoms with Gasteiger partial charge in [-0.3, -0.25) is 0 Å². The maximum atomic E-state index is 6.25. The molecule has 0 saturated carbocycles. The first-order valence-electron chi connectivity index (χ1n) is 5.73. The molecule has 0 aromatic heterocycles. The minimum absolute atomic E-state index is 0.680. The van der Waals surface area contributed by atoms with Gasteiger partial charge in [-0.25, -0.2) is 0 Å². The van der Waals surface area contributed by atoms with Gasteiger partial charge < -0.3 is 10.1 Å². The fraction of sp³-hybridized carbons (Fsp3) is 0.538. The third-order valence-corrected chi connectivity index (χ3v) is 3.21. The Labute approximate surface area is 103 Å². The van der Waals surface area contributed by atoms with Crippen molar-refractivity contribution < 1.29 is 4.74 Å². The zero-order chi connectivity index (χ0) is 12.1. The van der Waals surface area contributed by atoms with Crippen LogP contribution in [-0.4, -0.2) is 13.2 Å². The van der Waals surface area contributed by atoms with Gasteiger partial charge in [0.05, 0.1) is 6.61 Å². The smallest absolute Gasteiger partial charge is 0.124 e. The summed E-state index contributed by atoms with van der Waals surface area (Å²) in [6, 6.07) is 2.02. The van der Waals surface area contributed by atoms with E-state index in [-0.39, 0.29) is 0 Å². The second-order valence-corrected chi connectivity index (χ2v) is 4.20. The molecule has 0 aliphatic carbocycles. The van der Waals surface area contributed by atoms with E-state index in [0.29, 0.717) is 6.61 Å². The summed E-state index contributed by atoms with van der Waals surface area (Å²) in [5.41, 5.74) is 3.35. The molecule has 1 aromatic rings. The van der Waals surface area contributed by atoms with Crippen molar-refractivity contribution >= 4 is 11.6 Å². The van der Waals surface area contributed by atoms with Crippen molar-refractivity contribution in [1.29, 1.82) is 0 Å². The zero-order valence-electron chi connectivity index (χ0n) is 10.5.